The molecule has 0 fully saturated rings. The third-order valence-corrected chi connectivity index (χ3v) is 5.40. The zero-order valence-electron chi connectivity index (χ0n) is 16.4. The van der Waals surface area contributed by atoms with Gasteiger partial charge in [0.2, 0.25) is 5.91 Å². The molecule has 0 spiro atoms. The molecule has 0 unspecified atom stereocenters. The second kappa shape index (κ2) is 8.08. The van der Waals surface area contributed by atoms with E-state index in [0.29, 0.717) is 16.6 Å². The molecular weight excluding hydrogens is 386 g/mol. The van der Waals surface area contributed by atoms with E-state index in [9.17, 15) is 4.79 Å². The van der Waals surface area contributed by atoms with Crippen LogP contribution in [0.1, 0.15) is 25.6 Å². The topological polar surface area (TPSA) is 81.4 Å². The highest BCUT2D eigenvalue weighted by molar-refractivity contribution is 7.99. The normalized spacial score (nSPS) is 11.3. The Morgan fingerprint density at radius 3 is 2.69 bits per heavy atom. The Bertz CT molecular complexity index is 1190. The van der Waals surface area contributed by atoms with Gasteiger partial charge >= 0.3 is 0 Å². The summed E-state index contributed by atoms with van der Waals surface area (Å²) in [6.07, 6.45) is 0. The summed E-state index contributed by atoms with van der Waals surface area (Å²) in [7, 11) is 1.58. The van der Waals surface area contributed by atoms with E-state index in [1.54, 1.807) is 19.2 Å². The third-order valence-electron chi connectivity index (χ3n) is 4.47. The fourth-order valence-corrected chi connectivity index (χ4v) is 3.87. The number of thioether (sulfide) groups is 1. The maximum Gasteiger partial charge on any atom is 0.234 e. The first-order valence-corrected chi connectivity index (χ1v) is 10.3. The summed E-state index contributed by atoms with van der Waals surface area (Å²) in [6.45, 7) is 4.17. The monoisotopic (exact) mass is 407 g/mol. The van der Waals surface area contributed by atoms with Crippen LogP contribution in [0.5, 0.6) is 5.75 Å². The number of carbonyl (C=O) groups excluding carboxylic acids is 1. The van der Waals surface area contributed by atoms with Gasteiger partial charge < -0.3 is 10.1 Å². The molecule has 8 heteroatoms. The number of benzene rings is 2. The number of ether oxygens (including phenoxy) is 1. The summed E-state index contributed by atoms with van der Waals surface area (Å²) in [5, 5.41) is 13.2. The van der Waals surface area contributed by atoms with Gasteiger partial charge in [-0.25, -0.2) is 4.98 Å². The average Bonchev–Trinajstić information content (AvgIpc) is 3.16. The minimum atomic E-state index is -0.143. The molecule has 0 aliphatic carbocycles. The smallest absolute Gasteiger partial charge is 0.234 e. The molecule has 2 aromatic carbocycles. The first-order chi connectivity index (χ1) is 14.1. The van der Waals surface area contributed by atoms with Crippen molar-refractivity contribution < 1.29 is 9.53 Å². The van der Waals surface area contributed by atoms with Gasteiger partial charge in [0.25, 0.3) is 0 Å². The standard InChI is InChI=1S/C21H21N5O2S/c1-13(2)19-23-15-9-5-4-8-14(15)20-24-25-21(26(19)20)29-12-18(27)22-16-10-6-7-11-17(16)28-3/h4-11,13H,12H2,1-3H3,(H,22,27). The number of carbonyl (C=O) groups is 1. The first kappa shape index (κ1) is 19.2. The molecule has 1 N–H and O–H groups in total. The molecule has 2 aromatic heterocycles. The van der Waals surface area contributed by atoms with Crippen molar-refractivity contribution in [2.24, 2.45) is 0 Å². The Labute approximate surface area is 172 Å². The van der Waals surface area contributed by atoms with E-state index in [4.69, 9.17) is 9.72 Å². The molecular formula is C21H21N5O2S. The van der Waals surface area contributed by atoms with Crippen molar-refractivity contribution in [2.75, 3.05) is 18.2 Å². The number of rotatable bonds is 6. The van der Waals surface area contributed by atoms with E-state index < -0.39 is 0 Å². The van der Waals surface area contributed by atoms with Gasteiger partial charge in [-0.2, -0.15) is 0 Å². The number of nitrogens with one attached hydrogen (secondary N) is 1. The summed E-state index contributed by atoms with van der Waals surface area (Å²) in [5.41, 5.74) is 2.29. The third kappa shape index (κ3) is 3.75. The molecule has 0 bridgehead atoms. The van der Waals surface area contributed by atoms with Crippen molar-refractivity contribution in [3.63, 3.8) is 0 Å². The molecule has 2 heterocycles. The molecule has 1 amide bonds. The van der Waals surface area contributed by atoms with Gasteiger partial charge in [-0.05, 0) is 24.3 Å². The van der Waals surface area contributed by atoms with E-state index in [2.05, 4.69) is 29.4 Å². The van der Waals surface area contributed by atoms with Crippen LogP contribution in [0.3, 0.4) is 0 Å². The zero-order valence-corrected chi connectivity index (χ0v) is 17.2. The maximum atomic E-state index is 12.5. The lowest BCUT2D eigenvalue weighted by molar-refractivity contribution is -0.113. The van der Waals surface area contributed by atoms with Crippen LogP contribution in [0.25, 0.3) is 16.6 Å². The predicted molar refractivity (Wildman–Crippen MR) is 115 cm³/mol. The van der Waals surface area contributed by atoms with Gasteiger partial charge in [0.1, 0.15) is 11.6 Å². The largest absolute Gasteiger partial charge is 0.495 e. The van der Waals surface area contributed by atoms with Gasteiger partial charge in [0, 0.05) is 11.3 Å². The van der Waals surface area contributed by atoms with Crippen LogP contribution >= 0.6 is 11.8 Å². The van der Waals surface area contributed by atoms with Gasteiger partial charge in [0.05, 0.1) is 24.1 Å². The van der Waals surface area contributed by atoms with E-state index in [1.165, 1.54) is 11.8 Å². The Morgan fingerprint density at radius 2 is 1.90 bits per heavy atom. The number of anilines is 1. The van der Waals surface area contributed by atoms with Crippen molar-refractivity contribution in [2.45, 2.75) is 24.9 Å². The number of hydrogen-bond donors (Lipinski definition) is 1. The minimum Gasteiger partial charge on any atom is -0.495 e. The van der Waals surface area contributed by atoms with Crippen molar-refractivity contribution in [1.29, 1.82) is 0 Å². The lowest BCUT2D eigenvalue weighted by Crippen LogP contribution is -2.15. The van der Waals surface area contributed by atoms with Crippen LogP contribution in [-0.4, -0.2) is 38.4 Å². The molecule has 29 heavy (non-hydrogen) atoms. The summed E-state index contributed by atoms with van der Waals surface area (Å²) in [5.74, 6) is 1.73. The fourth-order valence-electron chi connectivity index (χ4n) is 3.13. The Balaban J connectivity index is 1.61. The van der Waals surface area contributed by atoms with Crippen LogP contribution in [0, 0.1) is 0 Å². The number of amides is 1. The lowest BCUT2D eigenvalue weighted by Gasteiger charge is -2.12. The molecule has 148 valence electrons. The minimum absolute atomic E-state index is 0.143. The summed E-state index contributed by atoms with van der Waals surface area (Å²) in [4.78, 5) is 17.3. The van der Waals surface area contributed by atoms with Gasteiger partial charge in [-0.1, -0.05) is 49.9 Å². The number of hydrogen-bond acceptors (Lipinski definition) is 6. The van der Waals surface area contributed by atoms with Crippen molar-refractivity contribution in [3.8, 4) is 5.75 Å². The molecule has 0 radical (unpaired) electrons. The highest BCUT2D eigenvalue weighted by atomic mass is 32.2. The lowest BCUT2D eigenvalue weighted by atomic mass is 10.2. The average molecular weight is 407 g/mol. The maximum absolute atomic E-state index is 12.5. The number of nitrogens with zero attached hydrogens (tertiary/aromatic N) is 4. The number of para-hydroxylation sites is 3. The quantitative estimate of drug-likeness (QED) is 0.484. The molecule has 0 aliphatic heterocycles. The Morgan fingerprint density at radius 1 is 1.14 bits per heavy atom. The predicted octanol–water partition coefficient (Wildman–Crippen LogP) is 4.14. The van der Waals surface area contributed by atoms with Crippen molar-refractivity contribution in [3.05, 3.63) is 54.4 Å². The number of methoxy groups -OCH3 is 1. The van der Waals surface area contributed by atoms with Crippen LogP contribution in [0.15, 0.2) is 53.7 Å². The molecule has 4 rings (SSSR count). The highest BCUT2D eigenvalue weighted by Crippen LogP contribution is 2.28. The molecule has 0 saturated carbocycles. The van der Waals surface area contributed by atoms with Crippen LogP contribution in [0.4, 0.5) is 5.69 Å². The van der Waals surface area contributed by atoms with E-state index >= 15 is 0 Å². The van der Waals surface area contributed by atoms with E-state index in [-0.39, 0.29) is 17.6 Å². The highest BCUT2D eigenvalue weighted by Gasteiger charge is 2.18. The van der Waals surface area contributed by atoms with Crippen LogP contribution in [-0.2, 0) is 4.79 Å². The van der Waals surface area contributed by atoms with Gasteiger partial charge in [0.15, 0.2) is 10.8 Å². The molecule has 7 nitrogen and oxygen atoms in total. The molecule has 0 atom stereocenters. The molecule has 0 aliphatic rings. The number of fused-ring (bicyclic) bond motifs is 3. The van der Waals surface area contributed by atoms with Crippen LogP contribution < -0.4 is 10.1 Å². The summed E-state index contributed by atoms with van der Waals surface area (Å²) >= 11 is 1.33. The Kier molecular flexibility index (Phi) is 5.35. The Hall–Kier alpha value is -3.13. The van der Waals surface area contributed by atoms with E-state index in [1.807, 2.05) is 40.8 Å². The van der Waals surface area contributed by atoms with Gasteiger partial charge in [-0.3, -0.25) is 9.20 Å². The zero-order chi connectivity index (χ0) is 20.4. The first-order valence-electron chi connectivity index (χ1n) is 9.28. The second-order valence-corrected chi connectivity index (χ2v) is 7.76. The van der Waals surface area contributed by atoms with Gasteiger partial charge in [-0.15, -0.1) is 10.2 Å². The summed E-state index contributed by atoms with van der Waals surface area (Å²) in [6, 6.07) is 15.2. The van der Waals surface area contributed by atoms with Crippen LogP contribution in [0.2, 0.25) is 0 Å². The second-order valence-electron chi connectivity index (χ2n) is 6.82. The summed E-state index contributed by atoms with van der Waals surface area (Å²) < 4.78 is 7.23. The molecule has 4 aromatic rings. The SMILES string of the molecule is COc1ccccc1NC(=O)CSc1nnc2c3ccccc3nc(C(C)C)n12. The fraction of sp³-hybridized carbons (Fsp3) is 0.238. The van der Waals surface area contributed by atoms with Crippen molar-refractivity contribution >= 4 is 39.9 Å². The molecule has 0 saturated heterocycles. The van der Waals surface area contributed by atoms with E-state index in [0.717, 1.165) is 22.4 Å². The number of aromatic nitrogens is 4. The van der Waals surface area contributed by atoms with Crippen molar-refractivity contribution in [1.82, 2.24) is 19.6 Å².